The highest BCUT2D eigenvalue weighted by Crippen LogP contribution is 2.31. The van der Waals surface area contributed by atoms with E-state index >= 15 is 0 Å². The van der Waals surface area contributed by atoms with Crippen LogP contribution in [0.15, 0.2) is 6.20 Å². The van der Waals surface area contributed by atoms with E-state index < -0.39 is 0 Å². The molecule has 0 radical (unpaired) electrons. The lowest BCUT2D eigenvalue weighted by atomic mass is 9.92. The van der Waals surface area contributed by atoms with Gasteiger partial charge in [-0.05, 0) is 26.4 Å². The molecule has 0 saturated heterocycles. The number of nitrogens with zero attached hydrogens (tertiary/aromatic N) is 2. The largest absolute Gasteiger partial charge is 0.493 e. The molecule has 0 aliphatic rings. The highest BCUT2D eigenvalue weighted by Gasteiger charge is 2.22. The number of rotatable bonds is 6. The molecule has 0 aliphatic heterocycles. The van der Waals surface area contributed by atoms with Crippen molar-refractivity contribution in [1.82, 2.24) is 15.1 Å². The van der Waals surface area contributed by atoms with Crippen LogP contribution in [0.2, 0.25) is 0 Å². The van der Waals surface area contributed by atoms with E-state index in [9.17, 15) is 0 Å². The van der Waals surface area contributed by atoms with E-state index in [1.165, 1.54) is 5.69 Å². The SMILES string of the molecule is CCn1ncc(OC)c1C(C)C(C)CNC. The molecule has 4 nitrogen and oxygen atoms in total. The average molecular weight is 225 g/mol. The maximum atomic E-state index is 5.37. The van der Waals surface area contributed by atoms with E-state index in [4.69, 9.17) is 4.74 Å². The standard InChI is InChI=1S/C12H23N3O/c1-6-15-12(11(16-5)8-14-15)10(3)9(2)7-13-4/h8-10,13H,6-7H2,1-5H3. The molecule has 92 valence electrons. The highest BCUT2D eigenvalue weighted by atomic mass is 16.5. The number of methoxy groups -OCH3 is 1. The number of aromatic nitrogens is 2. The van der Waals surface area contributed by atoms with Gasteiger partial charge >= 0.3 is 0 Å². The zero-order chi connectivity index (χ0) is 12.1. The monoisotopic (exact) mass is 225 g/mol. The summed E-state index contributed by atoms with van der Waals surface area (Å²) in [4.78, 5) is 0. The average Bonchev–Trinajstić information content (AvgIpc) is 2.70. The van der Waals surface area contributed by atoms with E-state index in [1.54, 1.807) is 13.3 Å². The van der Waals surface area contributed by atoms with Crippen LogP contribution in [-0.4, -0.2) is 30.5 Å². The maximum Gasteiger partial charge on any atom is 0.160 e. The molecule has 0 aliphatic carbocycles. The molecule has 16 heavy (non-hydrogen) atoms. The van der Waals surface area contributed by atoms with Crippen molar-refractivity contribution in [3.63, 3.8) is 0 Å². The van der Waals surface area contributed by atoms with E-state index in [2.05, 4.69) is 31.2 Å². The number of nitrogens with one attached hydrogen (secondary N) is 1. The van der Waals surface area contributed by atoms with Crippen molar-refractivity contribution in [1.29, 1.82) is 0 Å². The first kappa shape index (κ1) is 13.0. The van der Waals surface area contributed by atoms with Gasteiger partial charge in [0.05, 0.1) is 19.0 Å². The zero-order valence-electron chi connectivity index (χ0n) is 10.9. The van der Waals surface area contributed by atoms with E-state index in [0.717, 1.165) is 18.8 Å². The Kier molecular flexibility index (Phi) is 4.80. The number of ether oxygens (including phenoxy) is 1. The molecule has 0 saturated carbocycles. The van der Waals surface area contributed by atoms with Crippen molar-refractivity contribution >= 4 is 0 Å². The first-order chi connectivity index (χ1) is 7.65. The van der Waals surface area contributed by atoms with Crippen molar-refractivity contribution < 1.29 is 4.74 Å². The van der Waals surface area contributed by atoms with Crippen LogP contribution in [0.4, 0.5) is 0 Å². The van der Waals surface area contributed by atoms with Crippen molar-refractivity contribution in [2.45, 2.75) is 33.2 Å². The molecule has 2 unspecified atom stereocenters. The minimum atomic E-state index is 0.435. The molecule has 0 bridgehead atoms. The van der Waals surface area contributed by atoms with Gasteiger partial charge in [0, 0.05) is 12.5 Å². The Morgan fingerprint density at radius 1 is 1.50 bits per heavy atom. The van der Waals surface area contributed by atoms with Crippen LogP contribution in [-0.2, 0) is 6.54 Å². The van der Waals surface area contributed by atoms with E-state index in [-0.39, 0.29) is 0 Å². The maximum absolute atomic E-state index is 5.37. The third kappa shape index (κ3) is 2.55. The quantitative estimate of drug-likeness (QED) is 0.803. The van der Waals surface area contributed by atoms with E-state index in [0.29, 0.717) is 11.8 Å². The molecule has 1 heterocycles. The van der Waals surface area contributed by atoms with Gasteiger partial charge in [-0.25, -0.2) is 0 Å². The molecular formula is C12H23N3O. The second kappa shape index (κ2) is 5.89. The fourth-order valence-corrected chi connectivity index (χ4v) is 2.01. The molecule has 0 fully saturated rings. The summed E-state index contributed by atoms with van der Waals surface area (Å²) in [5.41, 5.74) is 1.20. The highest BCUT2D eigenvalue weighted by molar-refractivity contribution is 5.28. The van der Waals surface area contributed by atoms with Crippen molar-refractivity contribution in [2.75, 3.05) is 20.7 Å². The summed E-state index contributed by atoms with van der Waals surface area (Å²) in [5.74, 6) is 1.89. The summed E-state index contributed by atoms with van der Waals surface area (Å²) < 4.78 is 7.40. The summed E-state index contributed by atoms with van der Waals surface area (Å²) in [6, 6.07) is 0. The minimum absolute atomic E-state index is 0.435. The van der Waals surface area contributed by atoms with Crippen LogP contribution in [0, 0.1) is 5.92 Å². The topological polar surface area (TPSA) is 39.1 Å². The number of hydrogen-bond donors (Lipinski definition) is 1. The first-order valence-corrected chi connectivity index (χ1v) is 5.89. The fraction of sp³-hybridized carbons (Fsp3) is 0.750. The van der Waals surface area contributed by atoms with Gasteiger partial charge in [-0.1, -0.05) is 13.8 Å². The Hall–Kier alpha value is -1.03. The number of aryl methyl sites for hydroxylation is 1. The molecule has 2 atom stereocenters. The third-order valence-corrected chi connectivity index (χ3v) is 3.18. The Labute approximate surface area is 98.0 Å². The Morgan fingerprint density at radius 2 is 2.19 bits per heavy atom. The van der Waals surface area contributed by atoms with E-state index in [1.807, 2.05) is 11.7 Å². The minimum Gasteiger partial charge on any atom is -0.493 e. The summed E-state index contributed by atoms with van der Waals surface area (Å²) in [5, 5.41) is 7.56. The zero-order valence-corrected chi connectivity index (χ0v) is 10.9. The van der Waals surface area contributed by atoms with Crippen LogP contribution in [0.25, 0.3) is 0 Å². The van der Waals surface area contributed by atoms with Gasteiger partial charge in [-0.15, -0.1) is 0 Å². The van der Waals surface area contributed by atoms with Gasteiger partial charge in [-0.3, -0.25) is 4.68 Å². The normalized spacial score (nSPS) is 14.8. The Morgan fingerprint density at radius 3 is 2.69 bits per heavy atom. The molecular weight excluding hydrogens is 202 g/mol. The second-order valence-electron chi connectivity index (χ2n) is 4.24. The molecule has 4 heteroatoms. The van der Waals surface area contributed by atoms with Crippen LogP contribution in [0.3, 0.4) is 0 Å². The molecule has 1 N–H and O–H groups in total. The summed E-state index contributed by atoms with van der Waals surface area (Å²) in [7, 11) is 3.69. The molecule has 0 amide bonds. The second-order valence-corrected chi connectivity index (χ2v) is 4.24. The third-order valence-electron chi connectivity index (χ3n) is 3.18. The van der Waals surface area contributed by atoms with Gasteiger partial charge in [0.2, 0.25) is 0 Å². The van der Waals surface area contributed by atoms with Crippen LogP contribution < -0.4 is 10.1 Å². The van der Waals surface area contributed by atoms with Gasteiger partial charge in [0.1, 0.15) is 0 Å². The first-order valence-electron chi connectivity index (χ1n) is 5.89. The van der Waals surface area contributed by atoms with Gasteiger partial charge in [0.15, 0.2) is 5.75 Å². The van der Waals surface area contributed by atoms with Gasteiger partial charge in [0.25, 0.3) is 0 Å². The lowest BCUT2D eigenvalue weighted by Crippen LogP contribution is -2.22. The van der Waals surface area contributed by atoms with Gasteiger partial charge < -0.3 is 10.1 Å². The summed E-state index contributed by atoms with van der Waals surface area (Å²) in [6.45, 7) is 8.46. The van der Waals surface area contributed by atoms with Crippen molar-refractivity contribution in [3.05, 3.63) is 11.9 Å². The van der Waals surface area contributed by atoms with Gasteiger partial charge in [-0.2, -0.15) is 5.10 Å². The smallest absolute Gasteiger partial charge is 0.160 e. The lowest BCUT2D eigenvalue weighted by Gasteiger charge is -2.21. The molecule has 1 aromatic heterocycles. The van der Waals surface area contributed by atoms with Crippen LogP contribution >= 0.6 is 0 Å². The Bertz CT molecular complexity index is 301. The Balaban J connectivity index is 2.95. The molecule has 1 aromatic rings. The molecule has 0 aromatic carbocycles. The molecule has 0 spiro atoms. The number of hydrogen-bond acceptors (Lipinski definition) is 3. The predicted molar refractivity (Wildman–Crippen MR) is 66.0 cm³/mol. The summed E-state index contributed by atoms with van der Waals surface area (Å²) in [6.07, 6.45) is 1.81. The van der Waals surface area contributed by atoms with Crippen LogP contribution in [0.1, 0.15) is 32.4 Å². The lowest BCUT2D eigenvalue weighted by molar-refractivity contribution is 0.382. The molecule has 1 rings (SSSR count). The predicted octanol–water partition coefficient (Wildman–Crippen LogP) is 1.87. The summed E-state index contributed by atoms with van der Waals surface area (Å²) >= 11 is 0. The van der Waals surface area contributed by atoms with Crippen LogP contribution in [0.5, 0.6) is 5.75 Å². The van der Waals surface area contributed by atoms with Crippen molar-refractivity contribution in [2.24, 2.45) is 5.92 Å². The van der Waals surface area contributed by atoms with Crippen molar-refractivity contribution in [3.8, 4) is 5.75 Å². The fourth-order valence-electron chi connectivity index (χ4n) is 2.01.